The summed E-state index contributed by atoms with van der Waals surface area (Å²) in [6.45, 7) is 9.08. The Morgan fingerprint density at radius 1 is 1.16 bits per heavy atom. The number of piperazine rings is 1. The van der Waals surface area contributed by atoms with E-state index in [-0.39, 0.29) is 22.7 Å². The standard InChI is InChI=1S/C24H32N4O2S/c1-24(2,20-8-4-3-5-9-20)10-12-26-13-15-27(16-14-26)23(29)21-18-31-22(25-21)19-7-6-11-28(30)17-19/h3-9,11,17,21-22,25H,10,12-16,18H2,1-2H3. The van der Waals surface area contributed by atoms with Crippen molar-refractivity contribution in [1.82, 2.24) is 15.1 Å². The molecule has 2 fully saturated rings. The van der Waals surface area contributed by atoms with E-state index < -0.39 is 0 Å². The molecule has 2 aliphatic heterocycles. The van der Waals surface area contributed by atoms with Gasteiger partial charge < -0.3 is 10.1 Å². The van der Waals surface area contributed by atoms with E-state index in [1.54, 1.807) is 24.0 Å². The number of nitrogens with one attached hydrogen (secondary N) is 1. The second kappa shape index (κ2) is 9.59. The number of carbonyl (C=O) groups excluding carboxylic acids is 1. The van der Waals surface area contributed by atoms with Crippen LogP contribution in [0.25, 0.3) is 0 Å². The van der Waals surface area contributed by atoms with Crippen LogP contribution in [0.15, 0.2) is 54.9 Å². The fraction of sp³-hybridized carbons (Fsp3) is 0.500. The topological polar surface area (TPSA) is 62.5 Å². The summed E-state index contributed by atoms with van der Waals surface area (Å²) in [7, 11) is 0. The summed E-state index contributed by atoms with van der Waals surface area (Å²) in [5.74, 6) is 0.924. The number of benzene rings is 1. The van der Waals surface area contributed by atoms with Crippen molar-refractivity contribution >= 4 is 17.7 Å². The minimum absolute atomic E-state index is 0.00291. The molecule has 1 N–H and O–H groups in total. The molecule has 1 aromatic carbocycles. The first-order valence-electron chi connectivity index (χ1n) is 11.1. The van der Waals surface area contributed by atoms with Gasteiger partial charge in [0.15, 0.2) is 12.4 Å². The Hall–Kier alpha value is -2.09. The van der Waals surface area contributed by atoms with Gasteiger partial charge in [-0.05, 0) is 30.0 Å². The van der Waals surface area contributed by atoms with Gasteiger partial charge in [-0.25, -0.2) is 0 Å². The van der Waals surface area contributed by atoms with Gasteiger partial charge in [0.2, 0.25) is 5.91 Å². The predicted molar refractivity (Wildman–Crippen MR) is 125 cm³/mol. The Balaban J connectivity index is 1.24. The van der Waals surface area contributed by atoms with E-state index in [9.17, 15) is 10.0 Å². The second-order valence-electron chi connectivity index (χ2n) is 9.10. The van der Waals surface area contributed by atoms with Crippen LogP contribution in [-0.2, 0) is 10.2 Å². The summed E-state index contributed by atoms with van der Waals surface area (Å²) in [6.07, 6.45) is 4.16. The van der Waals surface area contributed by atoms with Crippen molar-refractivity contribution in [2.75, 3.05) is 38.5 Å². The lowest BCUT2D eigenvalue weighted by atomic mass is 9.81. The van der Waals surface area contributed by atoms with E-state index in [1.165, 1.54) is 11.8 Å². The number of amides is 1. The summed E-state index contributed by atoms with van der Waals surface area (Å²) in [5.41, 5.74) is 2.45. The summed E-state index contributed by atoms with van der Waals surface area (Å²) >= 11 is 1.69. The van der Waals surface area contributed by atoms with E-state index in [0.717, 1.165) is 55.2 Å². The molecule has 1 amide bonds. The maximum Gasteiger partial charge on any atom is 0.240 e. The SMILES string of the molecule is CC(C)(CCN1CCN(C(=O)C2CSC(c3ccc[n+]([O-])c3)N2)CC1)c1ccccc1. The van der Waals surface area contributed by atoms with Crippen LogP contribution in [0.2, 0.25) is 0 Å². The lowest BCUT2D eigenvalue weighted by molar-refractivity contribution is -0.605. The molecule has 2 aliphatic rings. The maximum atomic E-state index is 13.0. The number of nitrogens with zero attached hydrogens (tertiary/aromatic N) is 3. The largest absolute Gasteiger partial charge is 0.619 e. The number of carbonyl (C=O) groups is 1. The van der Waals surface area contributed by atoms with Gasteiger partial charge >= 0.3 is 0 Å². The van der Waals surface area contributed by atoms with Gasteiger partial charge in [-0.3, -0.25) is 15.0 Å². The van der Waals surface area contributed by atoms with Crippen molar-refractivity contribution in [3.05, 3.63) is 71.2 Å². The molecule has 1 aromatic heterocycles. The minimum Gasteiger partial charge on any atom is -0.619 e. The van der Waals surface area contributed by atoms with Crippen LogP contribution in [0.5, 0.6) is 0 Å². The van der Waals surface area contributed by atoms with E-state index in [2.05, 4.69) is 54.4 Å². The first-order chi connectivity index (χ1) is 14.9. The van der Waals surface area contributed by atoms with E-state index in [1.807, 2.05) is 11.0 Å². The normalized spacial score (nSPS) is 22.6. The van der Waals surface area contributed by atoms with Crippen LogP contribution >= 0.6 is 11.8 Å². The van der Waals surface area contributed by atoms with Crippen LogP contribution < -0.4 is 10.0 Å². The fourth-order valence-corrected chi connectivity index (χ4v) is 5.53. The molecule has 6 nitrogen and oxygen atoms in total. The Kier molecular flexibility index (Phi) is 6.84. The molecule has 0 saturated carbocycles. The highest BCUT2D eigenvalue weighted by Crippen LogP contribution is 2.33. The third-order valence-electron chi connectivity index (χ3n) is 6.47. The van der Waals surface area contributed by atoms with Crippen LogP contribution in [0.1, 0.15) is 36.8 Å². The molecule has 166 valence electrons. The van der Waals surface area contributed by atoms with Gasteiger partial charge in [0, 0.05) is 43.6 Å². The first kappa shape index (κ1) is 22.1. The molecule has 2 saturated heterocycles. The molecule has 2 unspecified atom stereocenters. The molecule has 3 heterocycles. The highest BCUT2D eigenvalue weighted by atomic mass is 32.2. The van der Waals surface area contributed by atoms with Crippen molar-refractivity contribution in [2.45, 2.75) is 37.1 Å². The zero-order chi connectivity index (χ0) is 21.8. The molecule has 4 rings (SSSR count). The zero-order valence-electron chi connectivity index (χ0n) is 18.4. The molecule has 2 aromatic rings. The quantitative estimate of drug-likeness (QED) is 0.553. The van der Waals surface area contributed by atoms with Crippen LogP contribution in [0, 0.1) is 5.21 Å². The van der Waals surface area contributed by atoms with Gasteiger partial charge in [0.1, 0.15) is 0 Å². The predicted octanol–water partition coefficient (Wildman–Crippen LogP) is 2.54. The maximum absolute atomic E-state index is 13.0. The van der Waals surface area contributed by atoms with Gasteiger partial charge in [-0.15, -0.1) is 11.8 Å². The van der Waals surface area contributed by atoms with Crippen molar-refractivity contribution in [3.63, 3.8) is 0 Å². The van der Waals surface area contributed by atoms with Gasteiger partial charge in [-0.1, -0.05) is 44.2 Å². The van der Waals surface area contributed by atoms with Crippen molar-refractivity contribution in [2.24, 2.45) is 0 Å². The lowest BCUT2D eigenvalue weighted by Gasteiger charge is -2.37. The Labute approximate surface area is 189 Å². The molecule has 0 aliphatic carbocycles. The number of aromatic nitrogens is 1. The van der Waals surface area contributed by atoms with Crippen molar-refractivity contribution in [3.8, 4) is 0 Å². The second-order valence-corrected chi connectivity index (χ2v) is 10.2. The highest BCUT2D eigenvalue weighted by molar-refractivity contribution is 7.99. The number of pyridine rings is 1. The Morgan fingerprint density at radius 2 is 1.90 bits per heavy atom. The Bertz CT molecular complexity index is 884. The smallest absolute Gasteiger partial charge is 0.240 e. The number of hydrogen-bond acceptors (Lipinski definition) is 5. The van der Waals surface area contributed by atoms with Crippen LogP contribution in [0.3, 0.4) is 0 Å². The summed E-state index contributed by atoms with van der Waals surface area (Å²) in [6, 6.07) is 14.2. The number of thioether (sulfide) groups is 1. The monoisotopic (exact) mass is 440 g/mol. The third kappa shape index (κ3) is 5.40. The van der Waals surface area contributed by atoms with Gasteiger partial charge in [-0.2, -0.15) is 4.73 Å². The molecule has 31 heavy (non-hydrogen) atoms. The van der Waals surface area contributed by atoms with Crippen molar-refractivity contribution < 1.29 is 9.52 Å². The molecule has 0 bridgehead atoms. The Morgan fingerprint density at radius 3 is 2.61 bits per heavy atom. The van der Waals surface area contributed by atoms with Crippen LogP contribution in [0.4, 0.5) is 0 Å². The summed E-state index contributed by atoms with van der Waals surface area (Å²) in [5, 5.41) is 14.9. The molecule has 7 heteroatoms. The van der Waals surface area contributed by atoms with Crippen LogP contribution in [-0.4, -0.2) is 60.2 Å². The minimum atomic E-state index is -0.182. The summed E-state index contributed by atoms with van der Waals surface area (Å²) < 4.78 is 0.811. The molecule has 2 atom stereocenters. The van der Waals surface area contributed by atoms with E-state index >= 15 is 0 Å². The third-order valence-corrected chi connectivity index (χ3v) is 7.74. The van der Waals surface area contributed by atoms with Gasteiger partial charge in [0.05, 0.1) is 11.4 Å². The first-order valence-corrected chi connectivity index (χ1v) is 12.1. The molecular weight excluding hydrogens is 408 g/mol. The zero-order valence-corrected chi connectivity index (χ0v) is 19.2. The summed E-state index contributed by atoms with van der Waals surface area (Å²) in [4.78, 5) is 17.5. The van der Waals surface area contributed by atoms with E-state index in [0.29, 0.717) is 0 Å². The average Bonchev–Trinajstić information content (AvgIpc) is 3.29. The van der Waals surface area contributed by atoms with Gasteiger partial charge in [0.25, 0.3) is 0 Å². The fourth-order valence-electron chi connectivity index (χ4n) is 4.32. The highest BCUT2D eigenvalue weighted by Gasteiger charge is 2.35. The molecular formula is C24H32N4O2S. The number of hydrogen-bond donors (Lipinski definition) is 1. The molecule has 0 radical (unpaired) electrons. The van der Waals surface area contributed by atoms with Crippen molar-refractivity contribution in [1.29, 1.82) is 0 Å². The lowest BCUT2D eigenvalue weighted by Crippen LogP contribution is -2.54. The average molecular weight is 441 g/mol. The number of rotatable bonds is 6. The van der Waals surface area contributed by atoms with E-state index in [4.69, 9.17) is 0 Å². The molecule has 0 spiro atoms.